The number of nitrogens with zero attached hydrogens (tertiary/aromatic N) is 2. The molecule has 0 amide bonds. The van der Waals surface area contributed by atoms with Gasteiger partial charge in [-0.3, -0.25) is 0 Å². The Morgan fingerprint density at radius 1 is 1.12 bits per heavy atom. The van der Waals surface area contributed by atoms with Gasteiger partial charge in [-0.15, -0.1) is 5.11 Å². The van der Waals surface area contributed by atoms with E-state index in [1.807, 2.05) is 0 Å². The van der Waals surface area contributed by atoms with Crippen molar-refractivity contribution in [3.63, 3.8) is 0 Å². The molecule has 0 unspecified atom stereocenters. The minimum Gasteiger partial charge on any atom is -0.508 e. The van der Waals surface area contributed by atoms with Crippen molar-refractivity contribution in [2.75, 3.05) is 11.5 Å². The van der Waals surface area contributed by atoms with Crippen LogP contribution in [0, 0.1) is 12.8 Å². The number of hydrogen-bond donors (Lipinski definition) is 2. The van der Waals surface area contributed by atoms with Gasteiger partial charge in [-0.25, -0.2) is 8.42 Å². The quantitative estimate of drug-likeness (QED) is 0.587. The zero-order valence-electron chi connectivity index (χ0n) is 14.7. The Hall–Kier alpha value is -2.41. The summed E-state index contributed by atoms with van der Waals surface area (Å²) in [6, 6.07) is 9.49. The number of azo groups is 1. The van der Waals surface area contributed by atoms with Gasteiger partial charge in [-0.2, -0.15) is 5.11 Å². The number of sulfone groups is 1. The van der Waals surface area contributed by atoms with E-state index < -0.39 is 9.84 Å². The molecule has 3 rings (SSSR count). The number of nitrogens with two attached hydrogens (primary N) is 1. The summed E-state index contributed by atoms with van der Waals surface area (Å²) in [6.45, 7) is 1.75. The van der Waals surface area contributed by atoms with Crippen LogP contribution in [0.5, 0.6) is 5.75 Å². The largest absolute Gasteiger partial charge is 0.508 e. The molecule has 0 atom stereocenters. The lowest BCUT2D eigenvalue weighted by Gasteiger charge is -2.10. The molecule has 0 bridgehead atoms. The highest BCUT2D eigenvalue weighted by Gasteiger charge is 2.23. The van der Waals surface area contributed by atoms with Crippen molar-refractivity contribution in [3.05, 3.63) is 42.0 Å². The number of phenolic OH excluding ortho intramolecular Hbond substituents is 1. The predicted octanol–water partition coefficient (Wildman–Crippen LogP) is 4.66. The van der Waals surface area contributed by atoms with E-state index in [0.717, 1.165) is 25.7 Å². The SMILES string of the molecule is Cc1cc(N=Nc2ccc(S(=O)(=O)CC3CCCC3)cc2)c(N)cc1O. The summed E-state index contributed by atoms with van der Waals surface area (Å²) >= 11 is 0. The van der Waals surface area contributed by atoms with Crippen molar-refractivity contribution in [1.82, 2.24) is 0 Å². The number of rotatable bonds is 5. The van der Waals surface area contributed by atoms with Gasteiger partial charge < -0.3 is 10.8 Å². The fourth-order valence-electron chi connectivity index (χ4n) is 3.20. The first-order valence-electron chi connectivity index (χ1n) is 8.69. The van der Waals surface area contributed by atoms with Gasteiger partial charge in [0.05, 0.1) is 22.0 Å². The number of hydrogen-bond acceptors (Lipinski definition) is 6. The van der Waals surface area contributed by atoms with Crippen molar-refractivity contribution in [2.45, 2.75) is 37.5 Å². The maximum absolute atomic E-state index is 12.5. The van der Waals surface area contributed by atoms with Crippen LogP contribution in [0.2, 0.25) is 0 Å². The lowest BCUT2D eigenvalue weighted by atomic mass is 10.1. The number of anilines is 1. The van der Waals surface area contributed by atoms with Crippen LogP contribution >= 0.6 is 0 Å². The summed E-state index contributed by atoms with van der Waals surface area (Å²) in [7, 11) is -3.26. The third-order valence-corrected chi connectivity index (χ3v) is 6.64. The number of benzene rings is 2. The maximum Gasteiger partial charge on any atom is 0.178 e. The molecule has 7 heteroatoms. The van der Waals surface area contributed by atoms with Crippen molar-refractivity contribution in [2.24, 2.45) is 16.1 Å². The second-order valence-electron chi connectivity index (χ2n) is 6.82. The first-order valence-corrected chi connectivity index (χ1v) is 10.3. The van der Waals surface area contributed by atoms with Crippen molar-refractivity contribution >= 4 is 26.9 Å². The van der Waals surface area contributed by atoms with Crippen LogP contribution in [-0.4, -0.2) is 19.3 Å². The van der Waals surface area contributed by atoms with Crippen LogP contribution in [-0.2, 0) is 9.84 Å². The van der Waals surface area contributed by atoms with Gasteiger partial charge in [0, 0.05) is 6.07 Å². The first-order chi connectivity index (χ1) is 12.3. The van der Waals surface area contributed by atoms with Gasteiger partial charge in [-0.05, 0) is 61.6 Å². The molecule has 0 heterocycles. The van der Waals surface area contributed by atoms with Crippen LogP contribution in [0.15, 0.2) is 51.5 Å². The number of aryl methyl sites for hydroxylation is 1. The fourth-order valence-corrected chi connectivity index (χ4v) is 4.90. The molecule has 0 aliphatic heterocycles. The maximum atomic E-state index is 12.5. The van der Waals surface area contributed by atoms with E-state index in [4.69, 9.17) is 5.73 Å². The van der Waals surface area contributed by atoms with Crippen molar-refractivity contribution in [3.8, 4) is 5.75 Å². The molecule has 1 aliphatic carbocycles. The first kappa shape index (κ1) is 18.4. The van der Waals surface area contributed by atoms with Crippen molar-refractivity contribution < 1.29 is 13.5 Å². The standard InChI is InChI=1S/C19H23N3O3S/c1-13-10-18(17(20)11-19(13)23)22-21-15-6-8-16(9-7-15)26(24,25)12-14-4-2-3-5-14/h6-11,14,23H,2-5,12,20H2,1H3. The number of aromatic hydroxyl groups is 1. The van der Waals surface area contributed by atoms with E-state index in [2.05, 4.69) is 10.2 Å². The Kier molecular flexibility index (Phi) is 5.27. The minimum absolute atomic E-state index is 0.110. The third kappa shape index (κ3) is 4.22. The van der Waals surface area contributed by atoms with E-state index in [9.17, 15) is 13.5 Å². The Labute approximate surface area is 153 Å². The van der Waals surface area contributed by atoms with E-state index in [-0.39, 0.29) is 17.4 Å². The topological polar surface area (TPSA) is 105 Å². The molecule has 6 nitrogen and oxygen atoms in total. The molecule has 1 saturated carbocycles. The highest BCUT2D eigenvalue weighted by molar-refractivity contribution is 7.91. The second kappa shape index (κ2) is 7.45. The van der Waals surface area contributed by atoms with Crippen molar-refractivity contribution in [1.29, 1.82) is 0 Å². The van der Waals surface area contributed by atoms with E-state index in [1.54, 1.807) is 37.3 Å². The predicted molar refractivity (Wildman–Crippen MR) is 102 cm³/mol. The highest BCUT2D eigenvalue weighted by atomic mass is 32.2. The Morgan fingerprint density at radius 2 is 1.77 bits per heavy atom. The second-order valence-corrected chi connectivity index (χ2v) is 8.86. The van der Waals surface area contributed by atoms with E-state index in [1.165, 1.54) is 6.07 Å². The lowest BCUT2D eigenvalue weighted by molar-refractivity contribution is 0.471. The molecule has 138 valence electrons. The van der Waals surface area contributed by atoms with Gasteiger partial charge in [0.15, 0.2) is 9.84 Å². The summed E-state index contributed by atoms with van der Waals surface area (Å²) in [5.74, 6) is 0.607. The average Bonchev–Trinajstić information content (AvgIpc) is 3.09. The smallest absolute Gasteiger partial charge is 0.178 e. The molecule has 0 spiro atoms. The average molecular weight is 373 g/mol. The zero-order valence-corrected chi connectivity index (χ0v) is 15.5. The third-order valence-electron chi connectivity index (χ3n) is 4.74. The normalized spacial score (nSPS) is 15.7. The molecule has 1 fully saturated rings. The minimum atomic E-state index is -3.26. The van der Waals surface area contributed by atoms with Crippen LogP contribution in [0.3, 0.4) is 0 Å². The molecule has 2 aromatic rings. The molecule has 0 saturated heterocycles. The fraction of sp³-hybridized carbons (Fsp3) is 0.368. The molecule has 0 radical (unpaired) electrons. The molecule has 3 N–H and O–H groups in total. The summed E-state index contributed by atoms with van der Waals surface area (Å²) in [5, 5.41) is 17.8. The monoisotopic (exact) mass is 373 g/mol. The summed E-state index contributed by atoms with van der Waals surface area (Å²) in [6.07, 6.45) is 4.25. The van der Waals surface area contributed by atoms with Crippen LogP contribution < -0.4 is 5.73 Å². The van der Waals surface area contributed by atoms with Gasteiger partial charge in [0.2, 0.25) is 0 Å². The molecule has 2 aromatic carbocycles. The van der Waals surface area contributed by atoms with Gasteiger partial charge in [-0.1, -0.05) is 12.8 Å². The molecular formula is C19H23N3O3S. The van der Waals surface area contributed by atoms with E-state index >= 15 is 0 Å². The molecule has 1 aliphatic rings. The van der Waals surface area contributed by atoms with Crippen LogP contribution in [0.1, 0.15) is 31.2 Å². The van der Waals surface area contributed by atoms with Crippen LogP contribution in [0.4, 0.5) is 17.1 Å². The van der Waals surface area contributed by atoms with Gasteiger partial charge >= 0.3 is 0 Å². The zero-order chi connectivity index (χ0) is 18.7. The Bertz CT molecular complexity index is 916. The molecular weight excluding hydrogens is 350 g/mol. The Morgan fingerprint density at radius 3 is 2.42 bits per heavy atom. The summed E-state index contributed by atoms with van der Waals surface area (Å²) < 4.78 is 25.0. The van der Waals surface area contributed by atoms with E-state index in [0.29, 0.717) is 27.5 Å². The highest BCUT2D eigenvalue weighted by Crippen LogP contribution is 2.32. The Balaban J connectivity index is 1.74. The van der Waals surface area contributed by atoms with Gasteiger partial charge in [0.25, 0.3) is 0 Å². The van der Waals surface area contributed by atoms with Gasteiger partial charge in [0.1, 0.15) is 11.4 Å². The number of nitrogen functional groups attached to an aromatic ring is 1. The molecule has 0 aromatic heterocycles. The lowest BCUT2D eigenvalue weighted by Crippen LogP contribution is -2.13. The van der Waals surface area contributed by atoms with Crippen LogP contribution in [0.25, 0.3) is 0 Å². The molecule has 26 heavy (non-hydrogen) atoms. The summed E-state index contributed by atoms with van der Waals surface area (Å²) in [4.78, 5) is 0.323. The summed E-state index contributed by atoms with van der Waals surface area (Å²) in [5.41, 5.74) is 7.79. The number of phenols is 1.